The fourth-order valence-electron chi connectivity index (χ4n) is 3.47. The van der Waals surface area contributed by atoms with E-state index in [9.17, 15) is 9.18 Å². The number of hydrogen-bond donors (Lipinski definition) is 1. The van der Waals surface area contributed by atoms with E-state index in [1.165, 1.54) is 13.0 Å². The lowest BCUT2D eigenvalue weighted by molar-refractivity contribution is -0.215. The summed E-state index contributed by atoms with van der Waals surface area (Å²) in [4.78, 5) is 15.4. The molecule has 1 saturated heterocycles. The van der Waals surface area contributed by atoms with Gasteiger partial charge in [-0.15, -0.1) is 0 Å². The van der Waals surface area contributed by atoms with Gasteiger partial charge in [-0.2, -0.15) is 4.98 Å². The molecule has 1 aliphatic carbocycles. The molecule has 1 saturated carbocycles. The summed E-state index contributed by atoms with van der Waals surface area (Å²) in [5.74, 6) is 0.0300. The third-order valence-electron chi connectivity index (χ3n) is 5.19. The molecule has 1 amide bonds. The maximum Gasteiger partial charge on any atom is 0.297 e. The van der Waals surface area contributed by atoms with Gasteiger partial charge in [-0.3, -0.25) is 9.36 Å². The fourth-order valence-corrected chi connectivity index (χ4v) is 3.47. The van der Waals surface area contributed by atoms with Crippen molar-refractivity contribution in [3.63, 3.8) is 0 Å². The number of amides is 1. The van der Waals surface area contributed by atoms with Crippen LogP contribution in [0.3, 0.4) is 0 Å². The van der Waals surface area contributed by atoms with Gasteiger partial charge < -0.3 is 24.3 Å². The van der Waals surface area contributed by atoms with Crippen LogP contribution in [0.4, 0.5) is 4.39 Å². The normalized spacial score (nSPS) is 22.7. The zero-order valence-electron chi connectivity index (χ0n) is 17.5. The Morgan fingerprint density at radius 2 is 2.03 bits per heavy atom. The van der Waals surface area contributed by atoms with Crippen LogP contribution in [-0.2, 0) is 21.3 Å². The van der Waals surface area contributed by atoms with Crippen LogP contribution in [0.1, 0.15) is 39.5 Å². The molecule has 4 rings (SSSR count). The van der Waals surface area contributed by atoms with Gasteiger partial charge in [-0.25, -0.2) is 4.39 Å². The van der Waals surface area contributed by atoms with E-state index in [0.717, 1.165) is 19.3 Å². The molecule has 2 fully saturated rings. The maximum atomic E-state index is 14.5. The molecule has 1 aromatic heterocycles. The molecule has 0 spiro atoms. The lowest BCUT2D eigenvalue weighted by Gasteiger charge is -2.30. The van der Waals surface area contributed by atoms with Gasteiger partial charge in [0.2, 0.25) is 5.91 Å². The Kier molecular flexibility index (Phi) is 6.10. The maximum absolute atomic E-state index is 14.5. The van der Waals surface area contributed by atoms with E-state index < -0.39 is 5.82 Å². The summed E-state index contributed by atoms with van der Waals surface area (Å²) < 4.78 is 39.3. The Balaban J connectivity index is 1.33. The molecule has 2 heterocycles. The molecule has 2 aromatic rings. The van der Waals surface area contributed by atoms with Gasteiger partial charge in [0.05, 0.1) is 24.8 Å². The topological polar surface area (TPSA) is 83.8 Å². The Hall–Kier alpha value is -2.39. The van der Waals surface area contributed by atoms with Crippen LogP contribution in [0.5, 0.6) is 11.8 Å². The third kappa shape index (κ3) is 5.02. The van der Waals surface area contributed by atoms with Crippen LogP contribution in [-0.4, -0.2) is 53.2 Å². The molecule has 0 bridgehead atoms. The quantitative estimate of drug-likeness (QED) is 0.706. The number of nitrogens with zero attached hydrogens (tertiary/aromatic N) is 2. The van der Waals surface area contributed by atoms with Gasteiger partial charge in [-0.1, -0.05) is 0 Å². The van der Waals surface area contributed by atoms with Crippen molar-refractivity contribution in [3.8, 4) is 11.8 Å². The van der Waals surface area contributed by atoms with Crippen LogP contribution in [0.2, 0.25) is 0 Å². The van der Waals surface area contributed by atoms with Crippen LogP contribution >= 0.6 is 0 Å². The van der Waals surface area contributed by atoms with Crippen molar-refractivity contribution in [2.45, 2.75) is 64.1 Å². The minimum Gasteiger partial charge on any atom is -0.490 e. The van der Waals surface area contributed by atoms with Crippen molar-refractivity contribution in [2.75, 3.05) is 13.2 Å². The number of rotatable bonds is 8. The van der Waals surface area contributed by atoms with Gasteiger partial charge in [-0.05, 0) is 26.2 Å². The number of aryl methyl sites for hydroxylation is 1. The number of ether oxygens (including phenoxy) is 4. The molecule has 1 atom stereocenters. The first-order valence-corrected chi connectivity index (χ1v) is 10.4. The summed E-state index contributed by atoms with van der Waals surface area (Å²) in [6.45, 7) is 4.14. The van der Waals surface area contributed by atoms with E-state index in [1.807, 2.05) is 6.92 Å². The summed E-state index contributed by atoms with van der Waals surface area (Å²) in [7, 11) is 1.78. The van der Waals surface area contributed by atoms with Crippen molar-refractivity contribution >= 4 is 16.9 Å². The van der Waals surface area contributed by atoms with E-state index in [-0.39, 0.29) is 36.0 Å². The first-order chi connectivity index (χ1) is 14.4. The molecule has 1 aromatic carbocycles. The molecule has 0 unspecified atom stereocenters. The van der Waals surface area contributed by atoms with Crippen molar-refractivity contribution < 1.29 is 28.1 Å². The fraction of sp³-hybridized carbons (Fsp3) is 0.619. The van der Waals surface area contributed by atoms with Crippen LogP contribution in [0.15, 0.2) is 12.1 Å². The standard InChI is InChI=1S/C21H28FN3O5/c1-12(23-13(2)26)4-7-19-27-10-16(11-28-19)30-21-24-20-17(22)8-15(29-14-5-6-14)9-18(20)25(21)3/h8-9,12,14,16,19H,4-7,10-11H2,1-3H3,(H,23,26)/t12-,16-,19-/m0/s1. The van der Waals surface area contributed by atoms with Gasteiger partial charge in [0, 0.05) is 38.6 Å². The predicted molar refractivity (Wildman–Crippen MR) is 107 cm³/mol. The highest BCUT2D eigenvalue weighted by atomic mass is 19.1. The number of halogens is 1. The lowest BCUT2D eigenvalue weighted by atomic mass is 10.1. The molecule has 30 heavy (non-hydrogen) atoms. The highest BCUT2D eigenvalue weighted by molar-refractivity contribution is 5.79. The molecule has 8 nitrogen and oxygen atoms in total. The Bertz CT molecular complexity index is 906. The number of benzene rings is 1. The largest absolute Gasteiger partial charge is 0.490 e. The van der Waals surface area contributed by atoms with Crippen molar-refractivity contribution in [2.24, 2.45) is 7.05 Å². The van der Waals surface area contributed by atoms with Crippen molar-refractivity contribution in [3.05, 3.63) is 17.9 Å². The van der Waals surface area contributed by atoms with E-state index in [2.05, 4.69) is 10.3 Å². The van der Waals surface area contributed by atoms with E-state index in [1.54, 1.807) is 17.7 Å². The number of carbonyl (C=O) groups excluding carboxylic acids is 1. The van der Waals surface area contributed by atoms with Gasteiger partial charge in [0.25, 0.3) is 6.01 Å². The molecule has 0 radical (unpaired) electrons. The SMILES string of the molecule is CC(=O)N[C@@H](C)CC[C@H]1OC[C@H](Oc2nc3c(F)cc(OC4CC4)cc3n2C)CO1. The van der Waals surface area contributed by atoms with E-state index in [4.69, 9.17) is 18.9 Å². The number of fused-ring (bicyclic) bond motifs is 1. The monoisotopic (exact) mass is 421 g/mol. The second-order valence-electron chi connectivity index (χ2n) is 8.06. The zero-order valence-corrected chi connectivity index (χ0v) is 17.5. The Morgan fingerprint density at radius 1 is 1.30 bits per heavy atom. The molecule has 2 aliphatic rings. The third-order valence-corrected chi connectivity index (χ3v) is 5.19. The van der Waals surface area contributed by atoms with Gasteiger partial charge >= 0.3 is 0 Å². The molecule has 9 heteroatoms. The number of hydrogen-bond acceptors (Lipinski definition) is 6. The average molecular weight is 421 g/mol. The molecular weight excluding hydrogens is 393 g/mol. The second-order valence-corrected chi connectivity index (χ2v) is 8.06. The summed E-state index contributed by atoms with van der Waals surface area (Å²) in [6, 6.07) is 3.53. The van der Waals surface area contributed by atoms with Crippen molar-refractivity contribution in [1.82, 2.24) is 14.9 Å². The first kappa shape index (κ1) is 20.9. The number of carbonyl (C=O) groups is 1. The summed E-state index contributed by atoms with van der Waals surface area (Å²) in [5.41, 5.74) is 0.862. The number of aromatic nitrogens is 2. The Morgan fingerprint density at radius 3 is 2.70 bits per heavy atom. The second kappa shape index (κ2) is 8.77. The summed E-state index contributed by atoms with van der Waals surface area (Å²) in [5, 5.41) is 2.84. The van der Waals surface area contributed by atoms with Gasteiger partial charge in [0.15, 0.2) is 12.1 Å². The van der Waals surface area contributed by atoms with Gasteiger partial charge in [0.1, 0.15) is 17.4 Å². The van der Waals surface area contributed by atoms with Crippen LogP contribution < -0.4 is 14.8 Å². The average Bonchev–Trinajstić information content (AvgIpc) is 3.45. The minimum absolute atomic E-state index is 0.0495. The predicted octanol–water partition coefficient (Wildman–Crippen LogP) is 2.68. The van der Waals surface area contributed by atoms with Crippen LogP contribution in [0.25, 0.3) is 11.0 Å². The minimum atomic E-state index is -0.432. The highest BCUT2D eigenvalue weighted by Crippen LogP contribution is 2.32. The number of nitrogens with one attached hydrogen (secondary N) is 1. The summed E-state index contributed by atoms with van der Waals surface area (Å²) >= 11 is 0. The molecular formula is C21H28FN3O5. The smallest absolute Gasteiger partial charge is 0.297 e. The number of imidazole rings is 1. The molecule has 1 N–H and O–H groups in total. The van der Waals surface area contributed by atoms with E-state index >= 15 is 0 Å². The van der Waals surface area contributed by atoms with Crippen LogP contribution in [0, 0.1) is 5.82 Å². The van der Waals surface area contributed by atoms with Crippen molar-refractivity contribution in [1.29, 1.82) is 0 Å². The lowest BCUT2D eigenvalue weighted by Crippen LogP contribution is -2.40. The molecule has 164 valence electrons. The van der Waals surface area contributed by atoms with E-state index in [0.29, 0.717) is 36.9 Å². The highest BCUT2D eigenvalue weighted by Gasteiger charge is 2.27. The summed E-state index contributed by atoms with van der Waals surface area (Å²) in [6.07, 6.45) is 2.97. The Labute approximate surface area is 174 Å². The molecule has 1 aliphatic heterocycles. The zero-order chi connectivity index (χ0) is 21.3. The first-order valence-electron chi connectivity index (χ1n) is 10.4.